The Morgan fingerprint density at radius 3 is 3.07 bits per heavy atom. The van der Waals surface area contributed by atoms with Crippen LogP contribution in [0, 0.1) is 0 Å². The van der Waals surface area contributed by atoms with Gasteiger partial charge in [-0.25, -0.2) is 0 Å². The predicted molar refractivity (Wildman–Crippen MR) is 58.7 cm³/mol. The number of fused-ring (bicyclic) bond motifs is 1. The number of hydrogen-bond donors (Lipinski definition) is 1. The molecule has 1 unspecified atom stereocenters. The van der Waals surface area contributed by atoms with Gasteiger partial charge in [0, 0.05) is 0 Å². The summed E-state index contributed by atoms with van der Waals surface area (Å²) in [5, 5.41) is 9.56. The van der Waals surface area contributed by atoms with Crippen LogP contribution in [0.3, 0.4) is 0 Å². The average molecular weight is 188 g/mol. The van der Waals surface area contributed by atoms with Crippen molar-refractivity contribution in [3.8, 4) is 5.75 Å². The molecule has 1 aliphatic carbocycles. The van der Waals surface area contributed by atoms with Crippen LogP contribution in [-0.2, 0) is 12.8 Å². The lowest BCUT2D eigenvalue weighted by Crippen LogP contribution is -1.95. The van der Waals surface area contributed by atoms with Crippen molar-refractivity contribution in [2.24, 2.45) is 0 Å². The highest BCUT2D eigenvalue weighted by atomic mass is 16.3. The van der Waals surface area contributed by atoms with Crippen LogP contribution < -0.4 is 0 Å². The fourth-order valence-corrected chi connectivity index (χ4v) is 2.44. The maximum absolute atomic E-state index is 9.56. The van der Waals surface area contributed by atoms with Gasteiger partial charge in [-0.2, -0.15) is 0 Å². The first kappa shape index (κ1) is 9.32. The monoisotopic (exact) mass is 188 g/mol. The van der Waals surface area contributed by atoms with Gasteiger partial charge < -0.3 is 5.11 Å². The van der Waals surface area contributed by atoms with E-state index in [9.17, 15) is 5.11 Å². The van der Waals surface area contributed by atoms with Crippen molar-refractivity contribution >= 4 is 0 Å². The fourth-order valence-electron chi connectivity index (χ4n) is 2.44. The molecule has 1 aliphatic rings. The maximum Gasteiger partial charge on any atom is 0.116 e. The molecule has 1 aromatic carbocycles. The lowest BCUT2D eigenvalue weighted by atomic mass is 9.95. The number of rotatable bonds is 2. The van der Waals surface area contributed by atoms with E-state index in [1.165, 1.54) is 23.1 Å². The molecular weight excluding hydrogens is 172 g/mol. The summed E-state index contributed by atoms with van der Waals surface area (Å²) in [5.41, 5.74) is 4.03. The van der Waals surface area contributed by atoms with Gasteiger partial charge in [0.1, 0.15) is 5.75 Å². The number of benzene rings is 1. The molecule has 0 aliphatic heterocycles. The minimum Gasteiger partial charge on any atom is -0.508 e. The zero-order chi connectivity index (χ0) is 10.1. The Morgan fingerprint density at radius 1 is 1.57 bits per heavy atom. The summed E-state index contributed by atoms with van der Waals surface area (Å²) in [4.78, 5) is 0. The van der Waals surface area contributed by atoms with Crippen LogP contribution >= 0.6 is 0 Å². The second-order valence-corrected chi connectivity index (χ2v) is 4.11. The molecule has 1 atom stereocenters. The van der Waals surface area contributed by atoms with Gasteiger partial charge in [0.05, 0.1) is 0 Å². The number of aromatic hydroxyl groups is 1. The van der Waals surface area contributed by atoms with Crippen LogP contribution in [0.5, 0.6) is 5.75 Å². The highest BCUT2D eigenvalue weighted by Gasteiger charge is 2.21. The topological polar surface area (TPSA) is 20.2 Å². The first-order valence-electron chi connectivity index (χ1n) is 5.18. The van der Waals surface area contributed by atoms with Crippen LogP contribution in [0.2, 0.25) is 0 Å². The molecule has 0 radical (unpaired) electrons. The molecule has 0 heterocycles. The molecule has 0 spiro atoms. The normalized spacial score (nSPS) is 19.4. The summed E-state index contributed by atoms with van der Waals surface area (Å²) in [6, 6.07) is 3.79. The van der Waals surface area contributed by atoms with Crippen LogP contribution in [-0.4, -0.2) is 5.11 Å². The van der Waals surface area contributed by atoms with Gasteiger partial charge in [0.25, 0.3) is 0 Å². The second kappa shape index (κ2) is 3.49. The lowest BCUT2D eigenvalue weighted by molar-refractivity contribution is 0.474. The van der Waals surface area contributed by atoms with Gasteiger partial charge in [-0.3, -0.25) is 0 Å². The van der Waals surface area contributed by atoms with Crippen LogP contribution in [0.25, 0.3) is 0 Å². The van der Waals surface area contributed by atoms with Crippen molar-refractivity contribution in [1.29, 1.82) is 0 Å². The Bertz CT molecular complexity index is 366. The van der Waals surface area contributed by atoms with Gasteiger partial charge in [0.2, 0.25) is 0 Å². The zero-order valence-electron chi connectivity index (χ0n) is 8.59. The quantitative estimate of drug-likeness (QED) is 0.707. The third-order valence-corrected chi connectivity index (χ3v) is 3.04. The molecule has 2 rings (SSSR count). The van der Waals surface area contributed by atoms with E-state index in [1.54, 1.807) is 0 Å². The van der Waals surface area contributed by atoms with Crippen molar-refractivity contribution in [3.05, 3.63) is 41.5 Å². The molecule has 74 valence electrons. The van der Waals surface area contributed by atoms with E-state index in [2.05, 4.69) is 13.5 Å². The van der Waals surface area contributed by atoms with Gasteiger partial charge in [-0.15, -0.1) is 6.58 Å². The molecule has 1 heteroatoms. The third kappa shape index (κ3) is 1.43. The summed E-state index contributed by atoms with van der Waals surface area (Å²) in [6.07, 6.45) is 5.08. The smallest absolute Gasteiger partial charge is 0.116 e. The predicted octanol–water partition coefficient (Wildman–Crippen LogP) is 3.17. The Kier molecular flexibility index (Phi) is 2.32. The minimum absolute atomic E-state index is 0.398. The molecule has 1 aromatic rings. The highest BCUT2D eigenvalue weighted by molar-refractivity contribution is 5.47. The fraction of sp³-hybridized carbons (Fsp3) is 0.385. The zero-order valence-corrected chi connectivity index (χ0v) is 8.59. The first-order valence-corrected chi connectivity index (χ1v) is 5.18. The lowest BCUT2D eigenvalue weighted by Gasteiger charge is -2.11. The number of phenols is 1. The Hall–Kier alpha value is -1.24. The molecule has 0 amide bonds. The minimum atomic E-state index is 0.398. The van der Waals surface area contributed by atoms with E-state index in [-0.39, 0.29) is 0 Å². The molecular formula is C13H16O. The van der Waals surface area contributed by atoms with Gasteiger partial charge in [0.15, 0.2) is 0 Å². The number of allylic oxidation sites excluding steroid dienone is 1. The van der Waals surface area contributed by atoms with E-state index in [0.717, 1.165) is 12.8 Å². The van der Waals surface area contributed by atoms with Gasteiger partial charge >= 0.3 is 0 Å². The summed E-state index contributed by atoms with van der Waals surface area (Å²) in [5.74, 6) is 1.04. The van der Waals surface area contributed by atoms with Crippen molar-refractivity contribution in [3.63, 3.8) is 0 Å². The molecule has 0 saturated heterocycles. The highest BCUT2D eigenvalue weighted by Crippen LogP contribution is 2.37. The second-order valence-electron chi connectivity index (χ2n) is 4.11. The Morgan fingerprint density at radius 2 is 2.36 bits per heavy atom. The van der Waals surface area contributed by atoms with Crippen LogP contribution in [0.4, 0.5) is 0 Å². The van der Waals surface area contributed by atoms with Crippen molar-refractivity contribution in [1.82, 2.24) is 0 Å². The molecule has 0 fully saturated rings. The number of aryl methyl sites for hydroxylation is 1. The van der Waals surface area contributed by atoms with E-state index >= 15 is 0 Å². The summed E-state index contributed by atoms with van der Waals surface area (Å²) in [7, 11) is 0. The summed E-state index contributed by atoms with van der Waals surface area (Å²) < 4.78 is 0. The van der Waals surface area contributed by atoms with E-state index < -0.39 is 0 Å². The van der Waals surface area contributed by atoms with Crippen molar-refractivity contribution in [2.75, 3.05) is 0 Å². The number of hydrogen-bond acceptors (Lipinski definition) is 1. The summed E-state index contributed by atoms with van der Waals surface area (Å²) >= 11 is 0. The number of phenolic OH excluding ortho intramolecular Hbond substituents is 1. The van der Waals surface area contributed by atoms with E-state index in [1.807, 2.05) is 18.2 Å². The largest absolute Gasteiger partial charge is 0.508 e. The average Bonchev–Trinajstić information content (AvgIpc) is 2.48. The molecule has 0 aromatic heterocycles. The molecule has 0 bridgehead atoms. The maximum atomic E-state index is 9.56. The Labute approximate surface area is 85.1 Å². The van der Waals surface area contributed by atoms with Crippen molar-refractivity contribution in [2.45, 2.75) is 32.1 Å². The molecule has 1 N–H and O–H groups in total. The van der Waals surface area contributed by atoms with Crippen LogP contribution in [0.15, 0.2) is 24.8 Å². The SMILES string of the molecule is C=CCc1cc(O)cc2c1C(C)CC2. The van der Waals surface area contributed by atoms with Crippen molar-refractivity contribution < 1.29 is 5.11 Å². The summed E-state index contributed by atoms with van der Waals surface area (Å²) in [6.45, 7) is 6.01. The third-order valence-electron chi connectivity index (χ3n) is 3.04. The Balaban J connectivity index is 2.52. The van der Waals surface area contributed by atoms with Crippen LogP contribution in [0.1, 0.15) is 36.0 Å². The standard InChI is InChI=1S/C13H16O/c1-3-4-10-7-12(14)8-11-6-5-9(2)13(10)11/h3,7-9,14H,1,4-6H2,2H3. The van der Waals surface area contributed by atoms with E-state index in [0.29, 0.717) is 11.7 Å². The van der Waals surface area contributed by atoms with Gasteiger partial charge in [-0.1, -0.05) is 13.0 Å². The molecule has 0 saturated carbocycles. The molecule has 1 nitrogen and oxygen atoms in total. The first-order chi connectivity index (χ1) is 6.72. The molecule has 14 heavy (non-hydrogen) atoms. The van der Waals surface area contributed by atoms with E-state index in [4.69, 9.17) is 0 Å². The van der Waals surface area contributed by atoms with Gasteiger partial charge in [-0.05, 0) is 54.0 Å².